The molecule has 1 fully saturated rings. The van der Waals surface area contributed by atoms with Crippen LogP contribution in [0.5, 0.6) is 11.5 Å². The Morgan fingerprint density at radius 1 is 1.08 bits per heavy atom. The summed E-state index contributed by atoms with van der Waals surface area (Å²) in [5.41, 5.74) is 0. The van der Waals surface area contributed by atoms with E-state index in [0.29, 0.717) is 44.1 Å². The molecule has 1 aromatic rings. The highest BCUT2D eigenvalue weighted by Crippen LogP contribution is 2.32. The molecule has 2 heterocycles. The molecule has 3 rings (SSSR count). The van der Waals surface area contributed by atoms with Crippen molar-refractivity contribution in [1.82, 2.24) is 9.03 Å². The summed E-state index contributed by atoms with van der Waals surface area (Å²) in [6.07, 6.45) is 3.07. The molecular weight excluding hydrogens is 368 g/mol. The molecule has 0 saturated carbocycles. The van der Waals surface area contributed by atoms with Gasteiger partial charge in [-0.05, 0) is 25.0 Å². The molecule has 1 aromatic carbocycles. The van der Waals surface area contributed by atoms with Crippen LogP contribution < -0.4 is 14.2 Å². The monoisotopic (exact) mass is 390 g/mol. The summed E-state index contributed by atoms with van der Waals surface area (Å²) in [5.74, 6) is 0.930. The number of benzene rings is 1. The number of rotatable bonds is 4. The van der Waals surface area contributed by atoms with Crippen molar-refractivity contribution in [3.8, 4) is 11.5 Å². The third-order valence-corrected chi connectivity index (χ3v) is 6.99. The Bertz CT molecular complexity index is 838. The van der Waals surface area contributed by atoms with Gasteiger partial charge in [0.2, 0.25) is 20.0 Å². The van der Waals surface area contributed by atoms with Gasteiger partial charge < -0.3 is 9.47 Å². The van der Waals surface area contributed by atoms with Crippen molar-refractivity contribution in [2.45, 2.75) is 30.2 Å². The van der Waals surface area contributed by atoms with Crippen LogP contribution in [0.2, 0.25) is 0 Å². The van der Waals surface area contributed by atoms with Crippen LogP contribution in [0.15, 0.2) is 23.1 Å². The second-order valence-electron chi connectivity index (χ2n) is 6.24. The highest BCUT2D eigenvalue weighted by atomic mass is 32.2. The van der Waals surface area contributed by atoms with Gasteiger partial charge in [-0.2, -0.15) is 0 Å². The van der Waals surface area contributed by atoms with Gasteiger partial charge in [-0.15, -0.1) is 0 Å². The van der Waals surface area contributed by atoms with Crippen molar-refractivity contribution < 1.29 is 26.3 Å². The lowest BCUT2D eigenvalue weighted by Gasteiger charge is -2.31. The molecule has 0 bridgehead atoms. The number of fused-ring (bicyclic) bond motifs is 1. The Morgan fingerprint density at radius 3 is 2.52 bits per heavy atom. The number of nitrogens with one attached hydrogen (secondary N) is 1. The Hall–Kier alpha value is -1.36. The van der Waals surface area contributed by atoms with Crippen LogP contribution in [0.3, 0.4) is 0 Å². The van der Waals surface area contributed by atoms with Crippen molar-refractivity contribution in [2.75, 3.05) is 32.6 Å². The van der Waals surface area contributed by atoms with E-state index in [4.69, 9.17) is 9.47 Å². The van der Waals surface area contributed by atoms with Gasteiger partial charge in [-0.1, -0.05) is 0 Å². The van der Waals surface area contributed by atoms with Crippen molar-refractivity contribution in [3.05, 3.63) is 18.2 Å². The maximum Gasteiger partial charge on any atom is 0.241 e. The smallest absolute Gasteiger partial charge is 0.241 e. The van der Waals surface area contributed by atoms with Crippen LogP contribution in [-0.4, -0.2) is 59.7 Å². The van der Waals surface area contributed by atoms with E-state index < -0.39 is 26.1 Å². The molecule has 1 saturated heterocycles. The molecule has 0 aromatic heterocycles. The van der Waals surface area contributed by atoms with Crippen LogP contribution in [0.25, 0.3) is 0 Å². The van der Waals surface area contributed by atoms with E-state index in [2.05, 4.69) is 4.72 Å². The third kappa shape index (κ3) is 4.43. The molecule has 0 radical (unpaired) electrons. The van der Waals surface area contributed by atoms with E-state index in [1.54, 1.807) is 6.07 Å². The van der Waals surface area contributed by atoms with Crippen LogP contribution in [0.1, 0.15) is 19.3 Å². The van der Waals surface area contributed by atoms with Gasteiger partial charge in [0.25, 0.3) is 0 Å². The number of nitrogens with zero attached hydrogens (tertiary/aromatic N) is 1. The maximum atomic E-state index is 12.7. The molecule has 1 N–H and O–H groups in total. The van der Waals surface area contributed by atoms with Gasteiger partial charge >= 0.3 is 0 Å². The predicted octanol–water partition coefficient (Wildman–Crippen LogP) is 0.550. The Balaban J connectivity index is 1.77. The molecule has 0 spiro atoms. The minimum Gasteiger partial charge on any atom is -0.490 e. The molecule has 2 aliphatic rings. The zero-order chi connectivity index (χ0) is 18.1. The molecule has 140 valence electrons. The van der Waals surface area contributed by atoms with E-state index in [9.17, 15) is 16.8 Å². The largest absolute Gasteiger partial charge is 0.490 e. The average Bonchev–Trinajstić information content (AvgIpc) is 2.78. The van der Waals surface area contributed by atoms with E-state index in [-0.39, 0.29) is 11.4 Å². The molecule has 8 nitrogen and oxygen atoms in total. The van der Waals surface area contributed by atoms with Gasteiger partial charge in [-0.25, -0.2) is 25.9 Å². The van der Waals surface area contributed by atoms with E-state index >= 15 is 0 Å². The van der Waals surface area contributed by atoms with Gasteiger partial charge in [0.05, 0.1) is 24.4 Å². The molecule has 25 heavy (non-hydrogen) atoms. The molecule has 10 heteroatoms. The molecule has 1 unspecified atom stereocenters. The first-order chi connectivity index (χ1) is 11.8. The highest BCUT2D eigenvalue weighted by molar-refractivity contribution is 7.89. The summed E-state index contributed by atoms with van der Waals surface area (Å²) in [7, 11) is -7.11. The zero-order valence-electron chi connectivity index (χ0n) is 14.0. The minimum absolute atomic E-state index is 0.0771. The first kappa shape index (κ1) is 18.4. The molecule has 0 amide bonds. The summed E-state index contributed by atoms with van der Waals surface area (Å²) < 4.78 is 63.6. The number of hydrogen-bond donors (Lipinski definition) is 1. The van der Waals surface area contributed by atoms with E-state index in [0.717, 1.165) is 12.7 Å². The van der Waals surface area contributed by atoms with Crippen molar-refractivity contribution in [3.63, 3.8) is 0 Å². The number of hydrogen-bond acceptors (Lipinski definition) is 6. The second-order valence-corrected chi connectivity index (χ2v) is 9.94. The Labute approximate surface area is 148 Å². The SMILES string of the molecule is CS(=O)(=O)N1CCCC(NS(=O)(=O)c2ccc3c(c2)OCCCO3)C1. The zero-order valence-corrected chi connectivity index (χ0v) is 15.6. The topological polar surface area (TPSA) is 102 Å². The minimum atomic E-state index is -3.78. The Morgan fingerprint density at radius 2 is 1.80 bits per heavy atom. The average molecular weight is 390 g/mol. The number of piperidine rings is 1. The second kappa shape index (κ2) is 7.10. The van der Waals surface area contributed by atoms with Gasteiger partial charge in [-0.3, -0.25) is 0 Å². The summed E-state index contributed by atoms with van der Waals surface area (Å²) in [6, 6.07) is 4.04. The first-order valence-corrected chi connectivity index (χ1v) is 11.5. The van der Waals surface area contributed by atoms with Crippen LogP contribution in [-0.2, 0) is 20.0 Å². The third-order valence-electron chi connectivity index (χ3n) is 4.20. The lowest BCUT2D eigenvalue weighted by Crippen LogP contribution is -2.49. The van der Waals surface area contributed by atoms with E-state index in [1.165, 1.54) is 16.4 Å². The fourth-order valence-corrected chi connectivity index (χ4v) is 5.13. The first-order valence-electron chi connectivity index (χ1n) is 8.13. The number of ether oxygens (including phenoxy) is 2. The van der Waals surface area contributed by atoms with Gasteiger partial charge in [0, 0.05) is 31.6 Å². The lowest BCUT2D eigenvalue weighted by molar-refractivity contribution is 0.296. The van der Waals surface area contributed by atoms with Crippen molar-refractivity contribution in [2.24, 2.45) is 0 Å². The summed E-state index contributed by atoms with van der Waals surface area (Å²) in [5, 5.41) is 0. The molecule has 1 atom stereocenters. The van der Waals surface area contributed by atoms with Crippen LogP contribution in [0, 0.1) is 0 Å². The molecular formula is C15H22N2O6S2. The summed E-state index contributed by atoms with van der Waals surface area (Å²) in [4.78, 5) is 0.0771. The fraction of sp³-hybridized carbons (Fsp3) is 0.600. The summed E-state index contributed by atoms with van der Waals surface area (Å²) >= 11 is 0. The molecule has 2 aliphatic heterocycles. The van der Waals surface area contributed by atoms with E-state index in [1.807, 2.05) is 0 Å². The summed E-state index contributed by atoms with van der Waals surface area (Å²) in [6.45, 7) is 1.56. The normalized spacial score (nSPS) is 22.4. The van der Waals surface area contributed by atoms with Crippen molar-refractivity contribution >= 4 is 20.0 Å². The van der Waals surface area contributed by atoms with Gasteiger partial charge in [0.15, 0.2) is 11.5 Å². The number of sulfonamides is 2. The lowest BCUT2D eigenvalue weighted by atomic mass is 10.1. The highest BCUT2D eigenvalue weighted by Gasteiger charge is 2.29. The fourth-order valence-electron chi connectivity index (χ4n) is 2.94. The van der Waals surface area contributed by atoms with Crippen molar-refractivity contribution in [1.29, 1.82) is 0 Å². The van der Waals surface area contributed by atoms with Crippen LogP contribution in [0.4, 0.5) is 0 Å². The Kier molecular flexibility index (Phi) is 5.24. The standard InChI is InChI=1S/C15H22N2O6S2/c1-24(18,19)17-7-2-4-12(11-17)16-25(20,21)13-5-6-14-15(10-13)23-9-3-8-22-14/h5-6,10,12,16H,2-4,7-9,11H2,1H3. The van der Waals surface area contributed by atoms with Gasteiger partial charge in [0.1, 0.15) is 0 Å². The molecule has 0 aliphatic carbocycles. The van der Waals surface area contributed by atoms with Crippen LogP contribution >= 0.6 is 0 Å². The quantitative estimate of drug-likeness (QED) is 0.806. The predicted molar refractivity (Wildman–Crippen MR) is 91.8 cm³/mol. The maximum absolute atomic E-state index is 12.7.